The highest BCUT2D eigenvalue weighted by molar-refractivity contribution is 9.10. The topological polar surface area (TPSA) is 58.2 Å². The van der Waals surface area contributed by atoms with Crippen LogP contribution in [0.1, 0.15) is 5.56 Å². The van der Waals surface area contributed by atoms with Gasteiger partial charge in [-0.1, -0.05) is 50.1 Å². The van der Waals surface area contributed by atoms with Crippen molar-refractivity contribution >= 4 is 61.1 Å². The largest absolute Gasteiger partial charge is 0.351 e. The molecule has 0 unspecified atom stereocenters. The molecule has 24 heavy (non-hydrogen) atoms. The van der Waals surface area contributed by atoms with Gasteiger partial charge in [-0.15, -0.1) is 11.8 Å². The van der Waals surface area contributed by atoms with Gasteiger partial charge in [-0.25, -0.2) is 0 Å². The monoisotopic (exact) mass is 470 g/mol. The molecule has 0 bridgehead atoms. The molecule has 0 atom stereocenters. The van der Waals surface area contributed by atoms with Crippen LogP contribution >= 0.6 is 43.6 Å². The highest BCUT2D eigenvalue weighted by Crippen LogP contribution is 2.16. The first-order valence-corrected chi connectivity index (χ1v) is 9.91. The van der Waals surface area contributed by atoms with E-state index in [1.807, 2.05) is 48.5 Å². The number of thioether (sulfide) groups is 1. The van der Waals surface area contributed by atoms with Crippen LogP contribution in [0.4, 0.5) is 5.69 Å². The number of anilines is 1. The van der Waals surface area contributed by atoms with Gasteiger partial charge in [0.25, 0.3) is 0 Å². The maximum absolute atomic E-state index is 11.8. The first kappa shape index (κ1) is 19.0. The molecule has 2 amide bonds. The van der Waals surface area contributed by atoms with E-state index in [4.69, 9.17) is 0 Å². The van der Waals surface area contributed by atoms with E-state index < -0.39 is 0 Å². The second kappa shape index (κ2) is 9.86. The summed E-state index contributed by atoms with van der Waals surface area (Å²) in [5.74, 6) is 0.268. The molecule has 0 fully saturated rings. The number of nitrogens with one attached hydrogen (secondary N) is 2. The fraction of sp³-hybridized carbons (Fsp3) is 0.176. The molecule has 0 aliphatic carbocycles. The van der Waals surface area contributed by atoms with Crippen LogP contribution in [0.2, 0.25) is 0 Å². The second-order valence-corrected chi connectivity index (χ2v) is 7.77. The molecule has 2 aromatic rings. The van der Waals surface area contributed by atoms with E-state index in [1.165, 1.54) is 11.8 Å². The van der Waals surface area contributed by atoms with E-state index in [-0.39, 0.29) is 23.3 Å². The average molecular weight is 472 g/mol. The molecule has 0 saturated heterocycles. The average Bonchev–Trinajstić information content (AvgIpc) is 2.53. The number of benzene rings is 2. The summed E-state index contributed by atoms with van der Waals surface area (Å²) in [6.07, 6.45) is 0. The van der Waals surface area contributed by atoms with Gasteiger partial charge in [0.1, 0.15) is 0 Å². The first-order valence-electron chi connectivity index (χ1n) is 7.17. The van der Waals surface area contributed by atoms with Gasteiger partial charge < -0.3 is 10.6 Å². The van der Waals surface area contributed by atoms with Crippen molar-refractivity contribution in [2.45, 2.75) is 6.54 Å². The maximum atomic E-state index is 11.8. The molecule has 7 heteroatoms. The van der Waals surface area contributed by atoms with Crippen molar-refractivity contribution in [2.24, 2.45) is 0 Å². The van der Waals surface area contributed by atoms with E-state index >= 15 is 0 Å². The van der Waals surface area contributed by atoms with Crippen LogP contribution in [0, 0.1) is 0 Å². The van der Waals surface area contributed by atoms with E-state index in [0.29, 0.717) is 6.54 Å². The molecule has 2 rings (SSSR count). The van der Waals surface area contributed by atoms with Crippen LogP contribution in [0.3, 0.4) is 0 Å². The van der Waals surface area contributed by atoms with Crippen molar-refractivity contribution in [1.82, 2.24) is 5.32 Å². The van der Waals surface area contributed by atoms with Crippen LogP contribution in [-0.4, -0.2) is 23.3 Å². The van der Waals surface area contributed by atoms with Gasteiger partial charge in [-0.05, 0) is 35.9 Å². The Balaban J connectivity index is 1.66. The van der Waals surface area contributed by atoms with Crippen LogP contribution in [0.15, 0.2) is 57.5 Å². The fourth-order valence-corrected chi connectivity index (χ4v) is 3.39. The summed E-state index contributed by atoms with van der Waals surface area (Å²) in [6.45, 7) is 0.475. The Morgan fingerprint density at radius 3 is 2.29 bits per heavy atom. The molecule has 2 N–H and O–H groups in total. The molecule has 0 spiro atoms. The van der Waals surface area contributed by atoms with Crippen LogP contribution < -0.4 is 10.6 Å². The van der Waals surface area contributed by atoms with Crippen LogP contribution in [0.25, 0.3) is 0 Å². The summed E-state index contributed by atoms with van der Waals surface area (Å²) in [6, 6.07) is 15.1. The zero-order valence-corrected chi connectivity index (χ0v) is 16.7. The molecule has 0 aliphatic heterocycles. The number of carbonyl (C=O) groups is 2. The third-order valence-corrected chi connectivity index (χ3v) is 4.87. The van der Waals surface area contributed by atoms with Crippen molar-refractivity contribution in [1.29, 1.82) is 0 Å². The Morgan fingerprint density at radius 1 is 0.917 bits per heavy atom. The molecular formula is C17H16Br2N2O2S. The number of hydrogen-bond donors (Lipinski definition) is 2. The minimum atomic E-state index is -0.127. The van der Waals surface area contributed by atoms with E-state index in [9.17, 15) is 9.59 Å². The quantitative estimate of drug-likeness (QED) is 0.636. The zero-order valence-electron chi connectivity index (χ0n) is 12.7. The molecular weight excluding hydrogens is 456 g/mol. The van der Waals surface area contributed by atoms with Crippen LogP contribution in [-0.2, 0) is 16.1 Å². The summed E-state index contributed by atoms with van der Waals surface area (Å²) in [4.78, 5) is 23.6. The van der Waals surface area contributed by atoms with E-state index in [2.05, 4.69) is 42.5 Å². The summed E-state index contributed by atoms with van der Waals surface area (Å²) in [5, 5.41) is 5.63. The number of halogens is 2. The van der Waals surface area contributed by atoms with Gasteiger partial charge in [0.2, 0.25) is 11.8 Å². The molecule has 0 saturated carbocycles. The lowest BCUT2D eigenvalue weighted by atomic mass is 10.2. The van der Waals surface area contributed by atoms with Crippen molar-refractivity contribution in [3.63, 3.8) is 0 Å². The third-order valence-electron chi connectivity index (χ3n) is 2.95. The number of rotatable bonds is 7. The minimum Gasteiger partial charge on any atom is -0.351 e. The van der Waals surface area contributed by atoms with E-state index in [1.54, 1.807) is 0 Å². The zero-order chi connectivity index (χ0) is 17.4. The van der Waals surface area contributed by atoms with Gasteiger partial charge in [0, 0.05) is 21.2 Å². The predicted octanol–water partition coefficient (Wildman–Crippen LogP) is 4.20. The lowest BCUT2D eigenvalue weighted by molar-refractivity contribution is -0.118. The second-order valence-electron chi connectivity index (χ2n) is 4.96. The first-order chi connectivity index (χ1) is 11.5. The summed E-state index contributed by atoms with van der Waals surface area (Å²) < 4.78 is 1.88. The lowest BCUT2D eigenvalue weighted by Crippen LogP contribution is -2.25. The van der Waals surface area contributed by atoms with Crippen LogP contribution in [0.5, 0.6) is 0 Å². The standard InChI is InChI=1S/C17H16Br2N2O2S/c18-13-4-1-3-12(7-13)9-20-16(22)10-24-11-17(23)21-15-6-2-5-14(19)8-15/h1-8H,9-11H2,(H,20,22)(H,21,23). The number of carbonyl (C=O) groups excluding carboxylic acids is 2. The van der Waals surface area contributed by atoms with E-state index in [0.717, 1.165) is 20.2 Å². The molecule has 0 heterocycles. The number of amides is 2. The molecule has 0 radical (unpaired) electrons. The Bertz CT molecular complexity index is 725. The van der Waals surface area contributed by atoms with Gasteiger partial charge in [-0.3, -0.25) is 9.59 Å². The normalized spacial score (nSPS) is 10.2. The Morgan fingerprint density at radius 2 is 1.58 bits per heavy atom. The third kappa shape index (κ3) is 7.07. The van der Waals surface area contributed by atoms with Crippen molar-refractivity contribution in [3.05, 3.63) is 63.0 Å². The Hall–Kier alpha value is -1.31. The minimum absolute atomic E-state index is 0.0877. The highest BCUT2D eigenvalue weighted by Gasteiger charge is 2.06. The molecule has 2 aromatic carbocycles. The summed E-state index contributed by atoms with van der Waals surface area (Å²) in [5.41, 5.74) is 1.75. The van der Waals surface area contributed by atoms with Gasteiger partial charge >= 0.3 is 0 Å². The summed E-state index contributed by atoms with van der Waals surface area (Å²) >= 11 is 8.03. The Labute approximate surface area is 162 Å². The van der Waals surface area contributed by atoms with Crippen molar-refractivity contribution in [3.8, 4) is 0 Å². The van der Waals surface area contributed by atoms with Gasteiger partial charge in [-0.2, -0.15) is 0 Å². The lowest BCUT2D eigenvalue weighted by Gasteiger charge is -2.07. The number of hydrogen-bond acceptors (Lipinski definition) is 3. The smallest absolute Gasteiger partial charge is 0.234 e. The maximum Gasteiger partial charge on any atom is 0.234 e. The molecule has 0 aromatic heterocycles. The predicted molar refractivity (Wildman–Crippen MR) is 106 cm³/mol. The molecule has 4 nitrogen and oxygen atoms in total. The van der Waals surface area contributed by atoms with Gasteiger partial charge in [0.15, 0.2) is 0 Å². The van der Waals surface area contributed by atoms with Crippen molar-refractivity contribution < 1.29 is 9.59 Å². The summed E-state index contributed by atoms with van der Waals surface area (Å²) in [7, 11) is 0. The molecule has 126 valence electrons. The van der Waals surface area contributed by atoms with Crippen molar-refractivity contribution in [2.75, 3.05) is 16.8 Å². The van der Waals surface area contributed by atoms with Gasteiger partial charge in [0.05, 0.1) is 11.5 Å². The molecule has 0 aliphatic rings. The Kier molecular flexibility index (Phi) is 7.81. The SMILES string of the molecule is O=C(CSCC(=O)Nc1cccc(Br)c1)NCc1cccc(Br)c1. The highest BCUT2D eigenvalue weighted by atomic mass is 79.9. The fourth-order valence-electron chi connectivity index (χ4n) is 1.90.